The monoisotopic (exact) mass is 484 g/mol. The van der Waals surface area contributed by atoms with Crippen molar-refractivity contribution in [1.29, 1.82) is 0 Å². The minimum Gasteiger partial charge on any atom is -0.338 e. The quantitative estimate of drug-likeness (QED) is 0.408. The van der Waals surface area contributed by atoms with E-state index >= 15 is 0 Å². The van der Waals surface area contributed by atoms with Crippen molar-refractivity contribution in [2.45, 2.75) is 50.0 Å². The number of likely N-dealkylation sites (tertiary alicyclic amines) is 1. The number of rotatable bonds is 8. The molecule has 0 unspecified atom stereocenters. The van der Waals surface area contributed by atoms with Gasteiger partial charge in [0.1, 0.15) is 0 Å². The highest BCUT2D eigenvalue weighted by Gasteiger charge is 2.44. The summed E-state index contributed by atoms with van der Waals surface area (Å²) in [5.41, 5.74) is 2.51. The van der Waals surface area contributed by atoms with E-state index in [4.69, 9.17) is 32.7 Å². The SMILES string of the molecule is Clc1ccc(C2CCN(CCNCc3nc(C4(c5ccc(Cl)cc5)CCC4)no3)CC2)cc1. The van der Waals surface area contributed by atoms with Gasteiger partial charge in [-0.15, -0.1) is 0 Å². The Morgan fingerprint density at radius 2 is 1.64 bits per heavy atom. The first-order valence-corrected chi connectivity index (χ1v) is 12.7. The summed E-state index contributed by atoms with van der Waals surface area (Å²) < 4.78 is 5.58. The predicted octanol–water partition coefficient (Wildman–Crippen LogP) is 5.82. The molecule has 1 N–H and O–H groups in total. The van der Waals surface area contributed by atoms with Crippen LogP contribution < -0.4 is 5.32 Å². The van der Waals surface area contributed by atoms with Crippen molar-refractivity contribution in [2.24, 2.45) is 0 Å². The van der Waals surface area contributed by atoms with Crippen LogP contribution in [0.4, 0.5) is 0 Å². The topological polar surface area (TPSA) is 54.2 Å². The van der Waals surface area contributed by atoms with Crippen LogP contribution in [0.25, 0.3) is 0 Å². The Bertz CT molecular complexity index is 1040. The van der Waals surface area contributed by atoms with Crippen molar-refractivity contribution < 1.29 is 4.52 Å². The van der Waals surface area contributed by atoms with E-state index in [2.05, 4.69) is 39.6 Å². The highest BCUT2D eigenvalue weighted by Crippen LogP contribution is 2.47. The second kappa shape index (κ2) is 10.1. The molecule has 1 saturated carbocycles. The Labute approximate surface area is 205 Å². The average molecular weight is 485 g/mol. The molecule has 2 aromatic carbocycles. The zero-order chi connectivity index (χ0) is 22.7. The molecule has 2 fully saturated rings. The maximum absolute atomic E-state index is 6.07. The largest absolute Gasteiger partial charge is 0.338 e. The maximum atomic E-state index is 6.07. The van der Waals surface area contributed by atoms with Gasteiger partial charge in [0.15, 0.2) is 5.82 Å². The smallest absolute Gasteiger partial charge is 0.240 e. The molecule has 0 amide bonds. The van der Waals surface area contributed by atoms with Gasteiger partial charge in [-0.25, -0.2) is 0 Å². The second-order valence-corrected chi connectivity index (χ2v) is 10.2. The zero-order valence-corrected chi connectivity index (χ0v) is 20.3. The number of nitrogens with zero attached hydrogens (tertiary/aromatic N) is 3. The van der Waals surface area contributed by atoms with Crippen molar-refractivity contribution >= 4 is 23.2 Å². The summed E-state index contributed by atoms with van der Waals surface area (Å²) in [6, 6.07) is 16.4. The number of hydrogen-bond acceptors (Lipinski definition) is 5. The van der Waals surface area contributed by atoms with E-state index < -0.39 is 0 Å². The number of nitrogens with one attached hydrogen (secondary N) is 1. The highest BCUT2D eigenvalue weighted by molar-refractivity contribution is 6.30. The number of aromatic nitrogens is 2. The van der Waals surface area contributed by atoms with Crippen molar-refractivity contribution in [3.8, 4) is 0 Å². The summed E-state index contributed by atoms with van der Waals surface area (Å²) in [4.78, 5) is 7.27. The van der Waals surface area contributed by atoms with E-state index in [0.717, 1.165) is 54.9 Å². The molecule has 1 aromatic heterocycles. The molecule has 33 heavy (non-hydrogen) atoms. The molecule has 2 aliphatic rings. The van der Waals surface area contributed by atoms with Crippen molar-refractivity contribution in [3.05, 3.63) is 81.4 Å². The first-order valence-electron chi connectivity index (χ1n) is 11.9. The molecule has 1 aliphatic heterocycles. The average Bonchev–Trinajstić information content (AvgIpc) is 3.27. The van der Waals surface area contributed by atoms with Crippen LogP contribution in [0.3, 0.4) is 0 Å². The molecule has 0 atom stereocenters. The molecule has 5 nitrogen and oxygen atoms in total. The molecule has 0 spiro atoms. The van der Waals surface area contributed by atoms with Crippen LogP contribution in [-0.2, 0) is 12.0 Å². The van der Waals surface area contributed by atoms with Gasteiger partial charge in [-0.1, -0.05) is 59.0 Å². The van der Waals surface area contributed by atoms with E-state index in [1.807, 2.05) is 24.3 Å². The summed E-state index contributed by atoms with van der Waals surface area (Å²) in [5, 5.41) is 9.38. The van der Waals surface area contributed by atoms with Crippen molar-refractivity contribution in [3.63, 3.8) is 0 Å². The number of benzene rings is 2. The van der Waals surface area contributed by atoms with Crippen LogP contribution >= 0.6 is 23.2 Å². The van der Waals surface area contributed by atoms with Crippen LogP contribution in [0.2, 0.25) is 10.0 Å². The third-order valence-corrected chi connectivity index (χ3v) is 7.81. The van der Waals surface area contributed by atoms with Gasteiger partial charge < -0.3 is 14.7 Å². The fourth-order valence-electron chi connectivity index (χ4n) is 5.12. The molecule has 5 rings (SSSR count). The predicted molar refractivity (Wildman–Crippen MR) is 132 cm³/mol. The van der Waals surface area contributed by atoms with Gasteiger partial charge >= 0.3 is 0 Å². The van der Waals surface area contributed by atoms with E-state index in [1.54, 1.807) is 0 Å². The Morgan fingerprint density at radius 3 is 2.27 bits per heavy atom. The number of piperidine rings is 1. The van der Waals surface area contributed by atoms with Gasteiger partial charge in [0.2, 0.25) is 5.89 Å². The van der Waals surface area contributed by atoms with Crippen molar-refractivity contribution in [2.75, 3.05) is 26.2 Å². The van der Waals surface area contributed by atoms with Gasteiger partial charge in [-0.3, -0.25) is 0 Å². The minimum absolute atomic E-state index is 0.124. The molecule has 0 bridgehead atoms. The third kappa shape index (κ3) is 5.12. The van der Waals surface area contributed by atoms with Gasteiger partial charge in [0.25, 0.3) is 0 Å². The fourth-order valence-corrected chi connectivity index (χ4v) is 5.37. The number of hydrogen-bond donors (Lipinski definition) is 1. The minimum atomic E-state index is -0.124. The van der Waals surface area contributed by atoms with E-state index in [9.17, 15) is 0 Å². The Kier molecular flexibility index (Phi) is 7.02. The summed E-state index contributed by atoms with van der Waals surface area (Å²) in [6.07, 6.45) is 5.67. The molecule has 1 aliphatic carbocycles. The molecule has 1 saturated heterocycles. The van der Waals surface area contributed by atoms with E-state index in [0.29, 0.717) is 18.4 Å². The standard InChI is InChI=1S/C26H30Cl2N4O/c27-22-6-2-19(3-7-22)20-10-15-32(16-11-20)17-14-29-18-24-30-25(31-33-24)26(12-1-13-26)21-4-8-23(28)9-5-21/h2-9,20,29H,1,10-18H2. The lowest BCUT2D eigenvalue weighted by molar-refractivity contribution is 0.211. The number of halogens is 2. The lowest BCUT2D eigenvalue weighted by Gasteiger charge is -2.39. The molecule has 0 radical (unpaired) electrons. The molecule has 2 heterocycles. The highest BCUT2D eigenvalue weighted by atomic mass is 35.5. The maximum Gasteiger partial charge on any atom is 0.240 e. The Morgan fingerprint density at radius 1 is 0.970 bits per heavy atom. The Hall–Kier alpha value is -1.92. The molecular weight excluding hydrogens is 455 g/mol. The van der Waals surface area contributed by atoms with Gasteiger partial charge in [-0.05, 0) is 80.1 Å². The van der Waals surface area contributed by atoms with Crippen LogP contribution in [0.1, 0.15) is 60.9 Å². The van der Waals surface area contributed by atoms with Gasteiger partial charge in [-0.2, -0.15) is 4.98 Å². The Balaban J connectivity index is 1.08. The van der Waals surface area contributed by atoms with Crippen LogP contribution in [0.5, 0.6) is 0 Å². The molecule has 7 heteroatoms. The van der Waals surface area contributed by atoms with E-state index in [1.165, 1.54) is 30.4 Å². The first-order chi connectivity index (χ1) is 16.1. The van der Waals surface area contributed by atoms with Gasteiger partial charge in [0, 0.05) is 23.1 Å². The normalized spacial score (nSPS) is 18.8. The molecule has 174 valence electrons. The van der Waals surface area contributed by atoms with E-state index in [-0.39, 0.29) is 5.41 Å². The first kappa shape index (κ1) is 22.9. The second-order valence-electron chi connectivity index (χ2n) is 9.30. The molecule has 3 aromatic rings. The summed E-state index contributed by atoms with van der Waals surface area (Å²) in [7, 11) is 0. The summed E-state index contributed by atoms with van der Waals surface area (Å²) in [6.45, 7) is 4.80. The van der Waals surface area contributed by atoms with Crippen LogP contribution in [0, 0.1) is 0 Å². The van der Waals surface area contributed by atoms with Crippen LogP contribution in [0.15, 0.2) is 53.1 Å². The lowest BCUT2D eigenvalue weighted by atomic mass is 9.64. The van der Waals surface area contributed by atoms with Crippen molar-refractivity contribution in [1.82, 2.24) is 20.4 Å². The summed E-state index contributed by atoms with van der Waals surface area (Å²) in [5.74, 6) is 2.10. The van der Waals surface area contributed by atoms with Gasteiger partial charge in [0.05, 0.1) is 12.0 Å². The zero-order valence-electron chi connectivity index (χ0n) is 18.8. The molecular formula is C26H30Cl2N4O. The third-order valence-electron chi connectivity index (χ3n) is 7.31. The summed E-state index contributed by atoms with van der Waals surface area (Å²) >= 11 is 12.1. The fraction of sp³-hybridized carbons (Fsp3) is 0.462. The van der Waals surface area contributed by atoms with Crippen LogP contribution in [-0.4, -0.2) is 41.2 Å². The lowest BCUT2D eigenvalue weighted by Crippen LogP contribution is -2.37.